The molecule has 0 heterocycles. The van der Waals surface area contributed by atoms with Gasteiger partial charge in [-0.1, -0.05) is 26.0 Å². The molecule has 8 atom stereocenters. The third-order valence-electron chi connectivity index (χ3n) is 10.2. The van der Waals surface area contributed by atoms with Gasteiger partial charge in [0.2, 0.25) is 0 Å². The molecule has 2 N–H and O–H groups in total. The molecule has 31 heavy (non-hydrogen) atoms. The summed E-state index contributed by atoms with van der Waals surface area (Å²) in [5.41, 5.74) is 1.44. The van der Waals surface area contributed by atoms with E-state index in [1.807, 2.05) is 12.1 Å². The van der Waals surface area contributed by atoms with Crippen molar-refractivity contribution in [3.63, 3.8) is 0 Å². The van der Waals surface area contributed by atoms with Crippen molar-refractivity contribution in [3.05, 3.63) is 29.8 Å². The van der Waals surface area contributed by atoms with Gasteiger partial charge in [-0.05, 0) is 91.7 Å². The van der Waals surface area contributed by atoms with E-state index in [1.165, 1.54) is 24.8 Å². The Morgan fingerprint density at radius 3 is 2.61 bits per heavy atom. The number of aliphatic hydroxyl groups excluding tert-OH is 1. The summed E-state index contributed by atoms with van der Waals surface area (Å²) in [5, 5.41) is 14.7. The van der Waals surface area contributed by atoms with Crippen LogP contribution in [0.3, 0.4) is 0 Å². The smallest absolute Gasteiger partial charge is 0.139 e. The number of Topliss-reactive ketones (excluding diaryl/α,β-unsaturated/α-hetero) is 1. The Bertz CT molecular complexity index is 822. The van der Waals surface area contributed by atoms with Gasteiger partial charge in [-0.3, -0.25) is 4.79 Å². The van der Waals surface area contributed by atoms with Gasteiger partial charge in [0, 0.05) is 24.4 Å². The molecule has 4 aliphatic carbocycles. The molecular formula is C27H39NO3. The molecule has 4 nitrogen and oxygen atoms in total. The number of nitrogens with one attached hydrogen (secondary N) is 1. The van der Waals surface area contributed by atoms with Gasteiger partial charge in [0.1, 0.15) is 11.5 Å². The lowest BCUT2D eigenvalue weighted by atomic mass is 9.44. The number of ketones is 1. The van der Waals surface area contributed by atoms with Crippen LogP contribution in [0.1, 0.15) is 70.8 Å². The topological polar surface area (TPSA) is 58.6 Å². The molecule has 0 radical (unpaired) electrons. The minimum absolute atomic E-state index is 0.0510. The number of hydrogen-bond donors (Lipinski definition) is 2. The highest BCUT2D eigenvalue weighted by molar-refractivity contribution is 5.87. The van der Waals surface area contributed by atoms with Crippen molar-refractivity contribution < 1.29 is 14.6 Å². The third kappa shape index (κ3) is 3.45. The lowest BCUT2D eigenvalue weighted by Crippen LogP contribution is -2.59. The summed E-state index contributed by atoms with van der Waals surface area (Å²) < 4.78 is 5.27. The Morgan fingerprint density at radius 1 is 1.10 bits per heavy atom. The highest BCUT2D eigenvalue weighted by Gasteiger charge is 2.61. The second kappa shape index (κ2) is 7.88. The van der Waals surface area contributed by atoms with E-state index in [2.05, 4.69) is 31.3 Å². The van der Waals surface area contributed by atoms with Crippen LogP contribution in [-0.2, 0) is 11.3 Å². The van der Waals surface area contributed by atoms with Crippen LogP contribution in [0.5, 0.6) is 5.75 Å². The number of carbonyl (C=O) groups excluding carboxylic acids is 1. The van der Waals surface area contributed by atoms with Crippen molar-refractivity contribution >= 4 is 5.78 Å². The molecule has 0 amide bonds. The molecule has 0 unspecified atom stereocenters. The molecule has 1 aromatic carbocycles. The van der Waals surface area contributed by atoms with Gasteiger partial charge in [0.05, 0.1) is 13.2 Å². The number of carbonyl (C=O) groups is 1. The number of hydrogen-bond acceptors (Lipinski definition) is 4. The number of fused-ring (bicyclic) bond motifs is 5. The number of aliphatic hydroxyl groups is 1. The van der Waals surface area contributed by atoms with Crippen molar-refractivity contribution in [2.24, 2.45) is 34.5 Å². The number of benzene rings is 1. The van der Waals surface area contributed by atoms with Crippen LogP contribution in [0, 0.1) is 34.5 Å². The summed E-state index contributed by atoms with van der Waals surface area (Å²) in [4.78, 5) is 12.7. The second-order valence-electron chi connectivity index (χ2n) is 11.4. The van der Waals surface area contributed by atoms with Crippen molar-refractivity contribution in [3.8, 4) is 5.75 Å². The summed E-state index contributed by atoms with van der Waals surface area (Å²) in [7, 11) is 1.69. The Kier molecular flexibility index (Phi) is 5.45. The average Bonchev–Trinajstić information content (AvgIpc) is 3.08. The first kappa shape index (κ1) is 21.5. The average molecular weight is 426 g/mol. The van der Waals surface area contributed by atoms with Crippen LogP contribution in [0.2, 0.25) is 0 Å². The van der Waals surface area contributed by atoms with Crippen molar-refractivity contribution in [1.29, 1.82) is 0 Å². The zero-order valence-corrected chi connectivity index (χ0v) is 19.4. The molecule has 4 fully saturated rings. The van der Waals surface area contributed by atoms with Gasteiger partial charge in [0.15, 0.2) is 0 Å². The van der Waals surface area contributed by atoms with Crippen LogP contribution >= 0.6 is 0 Å². The SMILES string of the molecule is COc1ccc(CN[C@H]2C[C@@]3(C)[C@@H](CC[C@@H]4[C@@H]3CC[C@]3(C)C(=O)CC[C@@H]43)C[C@@H]2O)cc1. The monoisotopic (exact) mass is 425 g/mol. The van der Waals surface area contributed by atoms with Crippen LogP contribution < -0.4 is 10.1 Å². The molecule has 0 aliphatic heterocycles. The summed E-state index contributed by atoms with van der Waals surface area (Å²) in [6.07, 6.45) is 8.36. The fourth-order valence-corrected chi connectivity index (χ4v) is 8.28. The van der Waals surface area contributed by atoms with E-state index in [1.54, 1.807) is 7.11 Å². The zero-order valence-electron chi connectivity index (χ0n) is 19.4. The Balaban J connectivity index is 1.31. The van der Waals surface area contributed by atoms with Crippen molar-refractivity contribution in [2.75, 3.05) is 7.11 Å². The molecule has 0 saturated heterocycles. The minimum atomic E-state index is -0.269. The maximum atomic E-state index is 12.7. The maximum Gasteiger partial charge on any atom is 0.139 e. The van der Waals surface area contributed by atoms with Crippen LogP contribution in [0.25, 0.3) is 0 Å². The lowest BCUT2D eigenvalue weighted by molar-refractivity contribution is -0.145. The third-order valence-corrected chi connectivity index (χ3v) is 10.2. The second-order valence-corrected chi connectivity index (χ2v) is 11.4. The summed E-state index contributed by atoms with van der Waals surface area (Å²) in [6, 6.07) is 8.34. The largest absolute Gasteiger partial charge is 0.497 e. The molecule has 4 aliphatic rings. The number of methoxy groups -OCH3 is 1. The predicted molar refractivity (Wildman–Crippen MR) is 122 cm³/mol. The summed E-state index contributed by atoms with van der Waals surface area (Å²) >= 11 is 0. The molecule has 1 aromatic rings. The lowest BCUT2D eigenvalue weighted by Gasteiger charge is -2.61. The molecule has 5 rings (SSSR count). The molecule has 4 heteroatoms. The van der Waals surface area contributed by atoms with Crippen LogP contribution in [-0.4, -0.2) is 30.1 Å². The fraction of sp³-hybridized carbons (Fsp3) is 0.741. The minimum Gasteiger partial charge on any atom is -0.497 e. The van der Waals surface area contributed by atoms with Gasteiger partial charge >= 0.3 is 0 Å². The molecule has 170 valence electrons. The van der Waals surface area contributed by atoms with Gasteiger partial charge in [0.25, 0.3) is 0 Å². The first-order valence-corrected chi connectivity index (χ1v) is 12.4. The van der Waals surface area contributed by atoms with E-state index in [4.69, 9.17) is 4.74 Å². The Labute approximate surface area is 187 Å². The molecule has 0 spiro atoms. The van der Waals surface area contributed by atoms with E-state index in [9.17, 15) is 9.90 Å². The number of rotatable bonds is 4. The van der Waals surface area contributed by atoms with Gasteiger partial charge in [-0.15, -0.1) is 0 Å². The maximum absolute atomic E-state index is 12.7. The van der Waals surface area contributed by atoms with E-state index < -0.39 is 0 Å². The van der Waals surface area contributed by atoms with Gasteiger partial charge < -0.3 is 15.2 Å². The molecule has 0 bridgehead atoms. The Morgan fingerprint density at radius 2 is 1.87 bits per heavy atom. The van der Waals surface area contributed by atoms with Gasteiger partial charge in [-0.25, -0.2) is 0 Å². The standard InChI is InChI=1S/C27H39NO3/c1-26-13-12-22-20(21(26)10-11-25(26)30)9-6-18-14-24(29)23(15-27(18,22)2)28-16-17-4-7-19(31-3)8-5-17/h4-5,7-8,18,20-24,28-29H,6,9-16H2,1-3H3/t18-,20-,21-,22-,23-,24-,26-,27-/m0/s1. The van der Waals surface area contributed by atoms with E-state index in [0.717, 1.165) is 44.4 Å². The summed E-state index contributed by atoms with van der Waals surface area (Å²) in [5.74, 6) is 4.01. The number of ether oxygens (including phenoxy) is 1. The van der Waals surface area contributed by atoms with Crippen molar-refractivity contribution in [2.45, 2.75) is 83.9 Å². The normalized spacial score (nSPS) is 44.3. The van der Waals surface area contributed by atoms with E-state index >= 15 is 0 Å². The fourth-order valence-electron chi connectivity index (χ4n) is 8.28. The van der Waals surface area contributed by atoms with Gasteiger partial charge in [-0.2, -0.15) is 0 Å². The summed E-state index contributed by atoms with van der Waals surface area (Å²) in [6.45, 7) is 5.55. The molecule has 4 saturated carbocycles. The molecular weight excluding hydrogens is 386 g/mol. The van der Waals surface area contributed by atoms with Crippen LogP contribution in [0.4, 0.5) is 0 Å². The zero-order chi connectivity index (χ0) is 21.8. The molecule has 0 aromatic heterocycles. The van der Waals surface area contributed by atoms with Crippen LogP contribution in [0.15, 0.2) is 24.3 Å². The van der Waals surface area contributed by atoms with E-state index in [0.29, 0.717) is 29.5 Å². The Hall–Kier alpha value is -1.39. The highest BCUT2D eigenvalue weighted by Crippen LogP contribution is 2.65. The highest BCUT2D eigenvalue weighted by atomic mass is 16.5. The van der Waals surface area contributed by atoms with Crippen molar-refractivity contribution in [1.82, 2.24) is 5.32 Å². The first-order valence-electron chi connectivity index (χ1n) is 12.4. The predicted octanol–water partition coefficient (Wildman–Crippen LogP) is 4.74. The first-order chi connectivity index (χ1) is 14.8. The quantitative estimate of drug-likeness (QED) is 0.732. The van der Waals surface area contributed by atoms with E-state index in [-0.39, 0.29) is 23.0 Å².